The van der Waals surface area contributed by atoms with Gasteiger partial charge in [-0.15, -0.1) is 0 Å². The quantitative estimate of drug-likeness (QED) is 0.228. The first-order chi connectivity index (χ1) is 24.5. The van der Waals surface area contributed by atoms with Gasteiger partial charge < -0.3 is 49.8 Å². The van der Waals surface area contributed by atoms with Gasteiger partial charge in [0.25, 0.3) is 5.91 Å². The second-order valence-corrected chi connectivity index (χ2v) is 13.0. The molecule has 0 spiro atoms. The van der Waals surface area contributed by atoms with Gasteiger partial charge in [-0.1, -0.05) is 6.92 Å². The number of nitrogens with one attached hydrogen (secondary N) is 3. The molecule has 5 amide bonds. The van der Waals surface area contributed by atoms with Crippen molar-refractivity contribution >= 4 is 35.0 Å². The highest BCUT2D eigenvalue weighted by atomic mass is 19.1. The predicted molar refractivity (Wildman–Crippen MR) is 190 cm³/mol. The fourth-order valence-electron chi connectivity index (χ4n) is 5.84. The fourth-order valence-corrected chi connectivity index (χ4v) is 5.84. The van der Waals surface area contributed by atoms with Crippen molar-refractivity contribution < 1.29 is 42.8 Å². The van der Waals surface area contributed by atoms with E-state index >= 15 is 0 Å². The lowest BCUT2D eigenvalue weighted by molar-refractivity contribution is -0.0115. The maximum absolute atomic E-state index is 14.4. The van der Waals surface area contributed by atoms with Gasteiger partial charge in [0, 0.05) is 55.8 Å². The highest BCUT2D eigenvalue weighted by Gasteiger charge is 2.31. The van der Waals surface area contributed by atoms with Crippen molar-refractivity contribution in [3.63, 3.8) is 0 Å². The van der Waals surface area contributed by atoms with Crippen molar-refractivity contribution in [2.24, 2.45) is 5.92 Å². The van der Waals surface area contributed by atoms with Gasteiger partial charge in [0.2, 0.25) is 6.79 Å². The van der Waals surface area contributed by atoms with Crippen LogP contribution in [0.25, 0.3) is 0 Å². The molecule has 0 fully saturated rings. The highest BCUT2D eigenvalue weighted by Crippen LogP contribution is 2.34. The van der Waals surface area contributed by atoms with E-state index in [-0.39, 0.29) is 50.1 Å². The lowest BCUT2D eigenvalue weighted by Crippen LogP contribution is -2.48. The first-order valence-corrected chi connectivity index (χ1v) is 17.1. The summed E-state index contributed by atoms with van der Waals surface area (Å²) in [5, 5.41) is 18.5. The molecule has 4 atom stereocenters. The van der Waals surface area contributed by atoms with Gasteiger partial charge in [-0.3, -0.25) is 4.79 Å². The van der Waals surface area contributed by atoms with E-state index in [0.29, 0.717) is 47.3 Å². The first-order valence-electron chi connectivity index (χ1n) is 17.1. The van der Waals surface area contributed by atoms with E-state index in [0.717, 1.165) is 12.8 Å². The monoisotopic (exact) mass is 707 g/mol. The number of fused-ring (bicyclic) bond motifs is 2. The minimum Gasteiger partial charge on any atom is -0.490 e. The molecule has 14 heteroatoms. The van der Waals surface area contributed by atoms with Crippen LogP contribution in [0.2, 0.25) is 0 Å². The summed E-state index contributed by atoms with van der Waals surface area (Å²) < 4.78 is 36.8. The third-order valence-electron chi connectivity index (χ3n) is 8.84. The summed E-state index contributed by atoms with van der Waals surface area (Å²) in [5.74, 6) is 0.422. The molecule has 0 saturated carbocycles. The van der Waals surface area contributed by atoms with E-state index in [2.05, 4.69) is 16.0 Å². The summed E-state index contributed by atoms with van der Waals surface area (Å²) in [7, 11) is 1.68. The zero-order chi connectivity index (χ0) is 36.5. The van der Waals surface area contributed by atoms with Crippen LogP contribution in [-0.2, 0) is 4.74 Å². The molecule has 0 saturated heterocycles. The van der Waals surface area contributed by atoms with Crippen LogP contribution in [0, 0.1) is 11.7 Å². The van der Waals surface area contributed by atoms with Gasteiger partial charge in [0.15, 0.2) is 11.5 Å². The van der Waals surface area contributed by atoms with Gasteiger partial charge in [-0.05, 0) is 87.7 Å². The second-order valence-electron chi connectivity index (χ2n) is 13.0. The fraction of sp³-hybridized carbons (Fsp3) is 0.432. The largest absolute Gasteiger partial charge is 0.490 e. The third-order valence-corrected chi connectivity index (χ3v) is 8.84. The Kier molecular flexibility index (Phi) is 12.6. The number of hydrogen-bond acceptors (Lipinski definition) is 8. The SMILES string of the molecule is C[C@H]1CCCCO[C@@H](CN(C)C(=O)Nc2ccc3c(c2)OCO3)[C@@H](C)CN([C@@H](C)CO)C(=O)c2cc(NC(=O)Nc3ccc(F)cc3)ccc2O1. The van der Waals surface area contributed by atoms with E-state index in [4.69, 9.17) is 18.9 Å². The van der Waals surface area contributed by atoms with Crippen molar-refractivity contribution in [3.8, 4) is 17.2 Å². The van der Waals surface area contributed by atoms with Crippen LogP contribution in [0.4, 0.5) is 31.0 Å². The van der Waals surface area contributed by atoms with E-state index in [1.807, 2.05) is 13.8 Å². The molecule has 0 unspecified atom stereocenters. The maximum Gasteiger partial charge on any atom is 0.323 e. The minimum absolute atomic E-state index is 0.129. The van der Waals surface area contributed by atoms with E-state index in [1.165, 1.54) is 29.2 Å². The Bertz CT molecular complexity index is 1680. The predicted octanol–water partition coefficient (Wildman–Crippen LogP) is 6.16. The molecular formula is C37H46FN5O8. The smallest absolute Gasteiger partial charge is 0.323 e. The molecule has 0 bridgehead atoms. The number of halogens is 1. The van der Waals surface area contributed by atoms with Crippen molar-refractivity contribution in [3.05, 3.63) is 72.0 Å². The van der Waals surface area contributed by atoms with Gasteiger partial charge >= 0.3 is 12.1 Å². The number of aliphatic hydroxyl groups is 1. The Morgan fingerprint density at radius 3 is 2.35 bits per heavy atom. The molecule has 13 nitrogen and oxygen atoms in total. The number of ether oxygens (including phenoxy) is 4. The molecule has 0 aliphatic carbocycles. The number of hydrogen-bond donors (Lipinski definition) is 4. The molecule has 3 aromatic carbocycles. The van der Waals surface area contributed by atoms with Crippen LogP contribution < -0.4 is 30.2 Å². The molecule has 4 N–H and O–H groups in total. The summed E-state index contributed by atoms with van der Waals surface area (Å²) >= 11 is 0. The number of urea groups is 2. The van der Waals surface area contributed by atoms with E-state index in [1.54, 1.807) is 55.3 Å². The van der Waals surface area contributed by atoms with Crippen LogP contribution in [0.3, 0.4) is 0 Å². The number of benzene rings is 3. The van der Waals surface area contributed by atoms with Crippen LogP contribution in [0.5, 0.6) is 17.2 Å². The van der Waals surface area contributed by atoms with Crippen molar-refractivity contribution in [2.45, 2.75) is 58.3 Å². The Morgan fingerprint density at radius 2 is 1.61 bits per heavy atom. The number of likely N-dealkylation sites (N-methyl/N-ethyl adjacent to an activating group) is 1. The lowest BCUT2D eigenvalue weighted by atomic mass is 10.0. The van der Waals surface area contributed by atoms with Crippen LogP contribution in [-0.4, -0.2) is 91.3 Å². The topological polar surface area (TPSA) is 151 Å². The maximum atomic E-state index is 14.4. The van der Waals surface area contributed by atoms with Gasteiger partial charge in [0.1, 0.15) is 11.6 Å². The summed E-state index contributed by atoms with van der Waals surface area (Å²) in [4.78, 5) is 43.5. The standard InChI is InChI=1S/C37H46FN5O8/c1-23-19-43(24(2)21-44)35(45)30-17-28(40-36(46)39-27-10-8-26(38)9-11-27)12-14-31(30)51-25(3)7-5-6-16-48-34(23)20-42(4)37(47)41-29-13-15-32-33(18-29)50-22-49-32/h8-15,17-18,23-25,34,44H,5-7,16,19-22H2,1-4H3,(H,41,47)(H2,39,40,46)/t23-,24-,25-,34-/m0/s1. The van der Waals surface area contributed by atoms with E-state index in [9.17, 15) is 23.9 Å². The Balaban J connectivity index is 1.34. The molecule has 2 heterocycles. The van der Waals surface area contributed by atoms with Crippen molar-refractivity contribution in [1.82, 2.24) is 9.80 Å². The van der Waals surface area contributed by atoms with Crippen LogP contribution in [0.1, 0.15) is 50.4 Å². The molecule has 274 valence electrons. The molecule has 3 aromatic rings. The number of anilines is 3. The first kappa shape index (κ1) is 37.2. The number of carbonyl (C=O) groups excluding carboxylic acids is 3. The molecule has 0 aromatic heterocycles. The third kappa shape index (κ3) is 10.0. The molecule has 5 rings (SSSR count). The van der Waals surface area contributed by atoms with Gasteiger partial charge in [-0.25, -0.2) is 14.0 Å². The van der Waals surface area contributed by atoms with E-state index < -0.39 is 29.9 Å². The van der Waals surface area contributed by atoms with Crippen molar-refractivity contribution in [2.75, 3.05) is 56.1 Å². The summed E-state index contributed by atoms with van der Waals surface area (Å²) in [6, 6.07) is 13.9. The summed E-state index contributed by atoms with van der Waals surface area (Å²) in [5.41, 5.74) is 1.50. The number of aliphatic hydroxyl groups excluding tert-OH is 1. The Morgan fingerprint density at radius 1 is 0.941 bits per heavy atom. The number of nitrogens with zero attached hydrogens (tertiary/aromatic N) is 2. The summed E-state index contributed by atoms with van der Waals surface area (Å²) in [6.45, 7) is 6.33. The number of carbonyl (C=O) groups is 3. The molecule has 0 radical (unpaired) electrons. The average Bonchev–Trinajstić information content (AvgIpc) is 3.58. The second kappa shape index (κ2) is 17.2. The lowest BCUT2D eigenvalue weighted by Gasteiger charge is -2.35. The number of rotatable bonds is 7. The molecule has 51 heavy (non-hydrogen) atoms. The Hall–Kier alpha value is -5.08. The summed E-state index contributed by atoms with van der Waals surface area (Å²) in [6.07, 6.45) is 1.59. The zero-order valence-corrected chi connectivity index (χ0v) is 29.3. The molecule has 2 aliphatic heterocycles. The molecular weight excluding hydrogens is 661 g/mol. The van der Waals surface area contributed by atoms with Gasteiger partial charge in [-0.2, -0.15) is 0 Å². The Labute approximate surface area is 297 Å². The van der Waals surface area contributed by atoms with Crippen molar-refractivity contribution in [1.29, 1.82) is 0 Å². The molecule has 2 aliphatic rings. The zero-order valence-electron chi connectivity index (χ0n) is 29.3. The van der Waals surface area contributed by atoms with Gasteiger partial charge in [0.05, 0.1) is 30.4 Å². The number of amides is 5. The normalized spacial score (nSPS) is 19.9. The van der Waals surface area contributed by atoms with Crippen LogP contribution >= 0.6 is 0 Å². The van der Waals surface area contributed by atoms with Crippen LogP contribution in [0.15, 0.2) is 60.7 Å². The average molecular weight is 708 g/mol. The highest BCUT2D eigenvalue weighted by molar-refractivity contribution is 6.02. The minimum atomic E-state index is -0.579.